The topological polar surface area (TPSA) is 42.0 Å². The first-order chi connectivity index (χ1) is 9.77. The Labute approximate surface area is 119 Å². The summed E-state index contributed by atoms with van der Waals surface area (Å²) in [7, 11) is 0. The van der Waals surface area contributed by atoms with Gasteiger partial charge in [0.15, 0.2) is 5.78 Å². The molecular weight excluding hydrogens is 248 g/mol. The number of hydrogen-bond acceptors (Lipinski definition) is 3. The van der Waals surface area contributed by atoms with Crippen molar-refractivity contribution in [2.75, 3.05) is 13.1 Å². The van der Waals surface area contributed by atoms with Gasteiger partial charge in [-0.25, -0.2) is 0 Å². The van der Waals surface area contributed by atoms with Gasteiger partial charge < -0.3 is 5.32 Å². The number of fused-ring (bicyclic) bond motifs is 1. The number of carbonyl (C=O) groups excluding carboxylic acids is 1. The molecule has 3 heteroatoms. The Morgan fingerprint density at radius 2 is 2.30 bits per heavy atom. The molecule has 1 aliphatic heterocycles. The Bertz CT molecular complexity index is 624. The summed E-state index contributed by atoms with van der Waals surface area (Å²) in [6, 6.07) is 7.87. The van der Waals surface area contributed by atoms with Crippen LogP contribution in [0.1, 0.15) is 36.5 Å². The molecule has 1 aromatic heterocycles. The monoisotopic (exact) mass is 268 g/mol. The summed E-state index contributed by atoms with van der Waals surface area (Å²) in [5.41, 5.74) is 0.603. The van der Waals surface area contributed by atoms with Crippen LogP contribution in [0, 0.1) is 5.41 Å². The molecule has 104 valence electrons. The van der Waals surface area contributed by atoms with Crippen LogP contribution in [0.3, 0.4) is 0 Å². The molecule has 2 heterocycles. The van der Waals surface area contributed by atoms with Crippen LogP contribution in [0.25, 0.3) is 10.8 Å². The van der Waals surface area contributed by atoms with Gasteiger partial charge in [0.2, 0.25) is 0 Å². The Morgan fingerprint density at radius 1 is 1.40 bits per heavy atom. The van der Waals surface area contributed by atoms with Crippen molar-refractivity contribution >= 4 is 16.6 Å². The van der Waals surface area contributed by atoms with E-state index in [1.54, 1.807) is 6.20 Å². The molecule has 1 N–H and O–H groups in total. The molecule has 1 aliphatic rings. The van der Waals surface area contributed by atoms with Crippen LogP contribution in [0.4, 0.5) is 0 Å². The fourth-order valence-corrected chi connectivity index (χ4v) is 3.23. The number of pyridine rings is 1. The summed E-state index contributed by atoms with van der Waals surface area (Å²) >= 11 is 0. The molecule has 3 rings (SSSR count). The highest BCUT2D eigenvalue weighted by molar-refractivity contribution is 6.10. The number of piperidine rings is 1. The minimum atomic E-state index is -0.240. The lowest BCUT2D eigenvalue weighted by molar-refractivity contribution is 0.0732. The maximum atomic E-state index is 13.1. The maximum absolute atomic E-state index is 13.1. The molecule has 1 fully saturated rings. The predicted molar refractivity (Wildman–Crippen MR) is 80.9 cm³/mol. The van der Waals surface area contributed by atoms with Crippen molar-refractivity contribution in [3.8, 4) is 0 Å². The zero-order valence-corrected chi connectivity index (χ0v) is 11.9. The summed E-state index contributed by atoms with van der Waals surface area (Å²) < 4.78 is 0. The zero-order valence-electron chi connectivity index (χ0n) is 11.9. The predicted octanol–water partition coefficient (Wildman–Crippen LogP) is 3.20. The van der Waals surface area contributed by atoms with Gasteiger partial charge in [-0.1, -0.05) is 25.1 Å². The Morgan fingerprint density at radius 3 is 3.05 bits per heavy atom. The Hall–Kier alpha value is -1.74. The van der Waals surface area contributed by atoms with Gasteiger partial charge in [-0.3, -0.25) is 9.78 Å². The third kappa shape index (κ3) is 2.12. The number of rotatable bonds is 3. The number of hydrogen-bond donors (Lipinski definition) is 1. The minimum absolute atomic E-state index is 0.240. The first kappa shape index (κ1) is 13.3. The number of benzene rings is 1. The number of Topliss-reactive ketones (excluding diaryl/α,β-unsaturated/α-hetero) is 1. The summed E-state index contributed by atoms with van der Waals surface area (Å²) in [5.74, 6) is 0.281. The van der Waals surface area contributed by atoms with Gasteiger partial charge in [0.05, 0.1) is 0 Å². The van der Waals surface area contributed by atoms with Crippen molar-refractivity contribution < 1.29 is 4.79 Å². The minimum Gasteiger partial charge on any atom is -0.316 e. The summed E-state index contributed by atoms with van der Waals surface area (Å²) in [6.07, 6.45) is 6.53. The van der Waals surface area contributed by atoms with Crippen LogP contribution in [-0.4, -0.2) is 23.9 Å². The van der Waals surface area contributed by atoms with Gasteiger partial charge in [-0.2, -0.15) is 0 Å². The fraction of sp³-hybridized carbons (Fsp3) is 0.412. The van der Waals surface area contributed by atoms with Crippen LogP contribution in [0.5, 0.6) is 0 Å². The van der Waals surface area contributed by atoms with Crippen LogP contribution < -0.4 is 5.32 Å². The highest BCUT2D eigenvalue weighted by atomic mass is 16.1. The zero-order chi connectivity index (χ0) is 14.0. The maximum Gasteiger partial charge on any atom is 0.170 e. The Balaban J connectivity index is 2.08. The van der Waals surface area contributed by atoms with Gasteiger partial charge in [0.1, 0.15) is 0 Å². The van der Waals surface area contributed by atoms with E-state index in [4.69, 9.17) is 0 Å². The molecule has 1 saturated heterocycles. The lowest BCUT2D eigenvalue weighted by atomic mass is 9.72. The summed E-state index contributed by atoms with van der Waals surface area (Å²) in [4.78, 5) is 17.2. The lowest BCUT2D eigenvalue weighted by Crippen LogP contribution is -2.45. The second-order valence-corrected chi connectivity index (χ2v) is 5.65. The molecule has 0 amide bonds. The van der Waals surface area contributed by atoms with Crippen LogP contribution in [-0.2, 0) is 0 Å². The van der Waals surface area contributed by atoms with Crippen molar-refractivity contribution in [3.63, 3.8) is 0 Å². The SMILES string of the molecule is CCC1(C(=O)c2cccc3cnccc23)CCCNC1. The van der Waals surface area contributed by atoms with E-state index in [0.717, 1.165) is 48.7 Å². The van der Waals surface area contributed by atoms with Crippen molar-refractivity contribution in [1.29, 1.82) is 0 Å². The van der Waals surface area contributed by atoms with Crippen LogP contribution in [0.2, 0.25) is 0 Å². The molecule has 0 aliphatic carbocycles. The summed E-state index contributed by atoms with van der Waals surface area (Å²) in [6.45, 7) is 3.94. The van der Waals surface area contributed by atoms with E-state index >= 15 is 0 Å². The first-order valence-electron chi connectivity index (χ1n) is 7.35. The van der Waals surface area contributed by atoms with Crippen molar-refractivity contribution in [1.82, 2.24) is 10.3 Å². The third-order valence-corrected chi connectivity index (χ3v) is 4.56. The quantitative estimate of drug-likeness (QED) is 0.869. The first-order valence-corrected chi connectivity index (χ1v) is 7.35. The van der Waals surface area contributed by atoms with E-state index in [1.807, 2.05) is 30.5 Å². The molecule has 0 radical (unpaired) electrons. The molecule has 0 bridgehead atoms. The van der Waals surface area contributed by atoms with E-state index in [9.17, 15) is 4.79 Å². The highest BCUT2D eigenvalue weighted by Gasteiger charge is 2.38. The van der Waals surface area contributed by atoms with Gasteiger partial charge in [-0.15, -0.1) is 0 Å². The second kappa shape index (κ2) is 5.33. The number of ketones is 1. The molecule has 0 spiro atoms. The highest BCUT2D eigenvalue weighted by Crippen LogP contribution is 2.35. The normalized spacial score (nSPS) is 22.9. The van der Waals surface area contributed by atoms with Crippen molar-refractivity contribution in [2.45, 2.75) is 26.2 Å². The number of aromatic nitrogens is 1. The smallest absolute Gasteiger partial charge is 0.170 e. The van der Waals surface area contributed by atoms with Crippen LogP contribution >= 0.6 is 0 Å². The third-order valence-electron chi connectivity index (χ3n) is 4.56. The standard InChI is InChI=1S/C17H20N2O/c1-2-17(8-4-9-19-12-17)16(20)15-6-3-5-13-11-18-10-7-14(13)15/h3,5-7,10-11,19H,2,4,8-9,12H2,1H3. The van der Waals surface area contributed by atoms with Gasteiger partial charge in [0.25, 0.3) is 0 Å². The van der Waals surface area contributed by atoms with Gasteiger partial charge in [0, 0.05) is 35.3 Å². The molecule has 0 saturated carbocycles. The van der Waals surface area contributed by atoms with E-state index in [-0.39, 0.29) is 11.2 Å². The van der Waals surface area contributed by atoms with E-state index in [2.05, 4.69) is 17.2 Å². The lowest BCUT2D eigenvalue weighted by Gasteiger charge is -2.35. The largest absolute Gasteiger partial charge is 0.316 e. The van der Waals surface area contributed by atoms with Gasteiger partial charge in [-0.05, 0) is 37.3 Å². The van der Waals surface area contributed by atoms with E-state index in [0.29, 0.717) is 0 Å². The molecule has 20 heavy (non-hydrogen) atoms. The average Bonchev–Trinajstić information content (AvgIpc) is 2.54. The van der Waals surface area contributed by atoms with Gasteiger partial charge >= 0.3 is 0 Å². The molecule has 1 atom stereocenters. The fourth-order valence-electron chi connectivity index (χ4n) is 3.23. The molecule has 3 nitrogen and oxygen atoms in total. The van der Waals surface area contributed by atoms with E-state index in [1.165, 1.54) is 0 Å². The number of carbonyl (C=O) groups is 1. The number of nitrogens with one attached hydrogen (secondary N) is 1. The molecule has 1 unspecified atom stereocenters. The summed E-state index contributed by atoms with van der Waals surface area (Å²) in [5, 5.41) is 5.45. The molecular formula is C17H20N2O. The van der Waals surface area contributed by atoms with Crippen molar-refractivity contribution in [3.05, 3.63) is 42.2 Å². The molecule has 2 aromatic rings. The number of nitrogens with zero attached hydrogens (tertiary/aromatic N) is 1. The Kier molecular flexibility index (Phi) is 3.53. The molecule has 1 aromatic carbocycles. The van der Waals surface area contributed by atoms with Crippen molar-refractivity contribution in [2.24, 2.45) is 5.41 Å². The second-order valence-electron chi connectivity index (χ2n) is 5.65. The average molecular weight is 268 g/mol. The van der Waals surface area contributed by atoms with E-state index < -0.39 is 0 Å². The van der Waals surface area contributed by atoms with Crippen LogP contribution in [0.15, 0.2) is 36.7 Å².